The molecule has 1 aliphatic heterocycles. The Kier molecular flexibility index (Phi) is 5.44. The molecule has 0 bridgehead atoms. The summed E-state index contributed by atoms with van der Waals surface area (Å²) in [5, 5.41) is 8.02. The van der Waals surface area contributed by atoms with Crippen LogP contribution in [0.2, 0.25) is 0 Å². The van der Waals surface area contributed by atoms with Crippen molar-refractivity contribution in [2.45, 2.75) is 12.8 Å². The number of nitrogens with one attached hydrogen (secondary N) is 2. The van der Waals surface area contributed by atoms with Gasteiger partial charge in [0.1, 0.15) is 11.5 Å². The van der Waals surface area contributed by atoms with Crippen LogP contribution in [0.25, 0.3) is 11.3 Å². The number of methoxy groups -OCH3 is 1. The molecule has 0 radical (unpaired) electrons. The summed E-state index contributed by atoms with van der Waals surface area (Å²) in [5.74, 6) is 1.07. The smallest absolute Gasteiger partial charge is 0.264 e. The molecule has 2 amide bonds. The van der Waals surface area contributed by atoms with Crippen molar-refractivity contribution in [1.82, 2.24) is 4.98 Å². The third-order valence-electron chi connectivity index (χ3n) is 4.48. The molecule has 0 spiro atoms. The van der Waals surface area contributed by atoms with Crippen molar-refractivity contribution in [2.24, 2.45) is 0 Å². The van der Waals surface area contributed by atoms with Crippen LogP contribution in [0, 0.1) is 0 Å². The van der Waals surface area contributed by atoms with Crippen LogP contribution in [0.15, 0.2) is 47.8 Å². The Labute approximate surface area is 171 Å². The molecule has 0 unspecified atom stereocenters. The fourth-order valence-corrected chi connectivity index (χ4v) is 3.72. The van der Waals surface area contributed by atoms with E-state index in [1.54, 1.807) is 31.4 Å². The molecule has 4 rings (SSSR count). The minimum absolute atomic E-state index is 0.0424. The highest BCUT2D eigenvalue weighted by Crippen LogP contribution is 2.30. The summed E-state index contributed by atoms with van der Waals surface area (Å²) < 4.78 is 10.6. The SMILES string of the molecule is COc1ccc(OCC(=O)Nc2nc(-c3ccc4c(c3)CCC(=O)N4)cs2)cc1. The van der Waals surface area contributed by atoms with Gasteiger partial charge >= 0.3 is 0 Å². The van der Waals surface area contributed by atoms with E-state index in [0.29, 0.717) is 23.7 Å². The summed E-state index contributed by atoms with van der Waals surface area (Å²) in [7, 11) is 1.59. The zero-order chi connectivity index (χ0) is 20.2. The van der Waals surface area contributed by atoms with Gasteiger partial charge in [-0.25, -0.2) is 4.98 Å². The van der Waals surface area contributed by atoms with Gasteiger partial charge in [0.15, 0.2) is 11.7 Å². The highest BCUT2D eigenvalue weighted by Gasteiger charge is 2.16. The molecule has 3 aromatic rings. The number of anilines is 2. The Balaban J connectivity index is 1.36. The number of hydrogen-bond donors (Lipinski definition) is 2. The Bertz CT molecular complexity index is 1050. The fraction of sp³-hybridized carbons (Fsp3) is 0.190. The van der Waals surface area contributed by atoms with E-state index in [-0.39, 0.29) is 18.4 Å². The predicted octanol–water partition coefficient (Wildman–Crippen LogP) is 3.72. The van der Waals surface area contributed by atoms with E-state index in [0.717, 1.165) is 28.3 Å². The van der Waals surface area contributed by atoms with Crippen LogP contribution in [0.5, 0.6) is 11.5 Å². The number of benzene rings is 2. The second kappa shape index (κ2) is 8.32. The largest absolute Gasteiger partial charge is 0.497 e. The number of aryl methyl sites for hydroxylation is 1. The first-order chi connectivity index (χ1) is 14.1. The molecule has 2 aromatic carbocycles. The second-order valence-corrected chi connectivity index (χ2v) is 7.33. The maximum atomic E-state index is 12.1. The fourth-order valence-electron chi connectivity index (χ4n) is 2.98. The average Bonchev–Trinajstić information content (AvgIpc) is 3.20. The molecule has 7 nitrogen and oxygen atoms in total. The van der Waals surface area contributed by atoms with Gasteiger partial charge < -0.3 is 14.8 Å². The van der Waals surface area contributed by atoms with E-state index >= 15 is 0 Å². The molecule has 0 saturated heterocycles. The van der Waals surface area contributed by atoms with Gasteiger partial charge in [-0.05, 0) is 48.4 Å². The molecule has 1 aromatic heterocycles. The summed E-state index contributed by atoms with van der Waals surface area (Å²) in [5.41, 5.74) is 3.67. The number of thiazole rings is 1. The van der Waals surface area contributed by atoms with E-state index in [1.165, 1.54) is 11.3 Å². The molecule has 0 atom stereocenters. The first-order valence-electron chi connectivity index (χ1n) is 9.06. The molecule has 0 fully saturated rings. The summed E-state index contributed by atoms with van der Waals surface area (Å²) in [4.78, 5) is 28.1. The van der Waals surface area contributed by atoms with Crippen molar-refractivity contribution in [3.63, 3.8) is 0 Å². The standard InChI is InChI=1S/C21H19N3O4S/c1-27-15-4-6-16(7-5-15)28-11-20(26)24-21-23-18(12-29-21)14-2-8-17-13(10-14)3-9-19(25)22-17/h2,4-8,10,12H,3,9,11H2,1H3,(H,22,25)(H,23,24,26). The lowest BCUT2D eigenvalue weighted by Crippen LogP contribution is -2.20. The number of rotatable bonds is 6. The van der Waals surface area contributed by atoms with E-state index in [4.69, 9.17) is 9.47 Å². The van der Waals surface area contributed by atoms with Crippen molar-refractivity contribution >= 4 is 34.0 Å². The summed E-state index contributed by atoms with van der Waals surface area (Å²) in [6, 6.07) is 12.9. The Morgan fingerprint density at radius 3 is 2.76 bits per heavy atom. The molecular weight excluding hydrogens is 390 g/mol. The van der Waals surface area contributed by atoms with E-state index in [1.807, 2.05) is 23.6 Å². The van der Waals surface area contributed by atoms with Gasteiger partial charge in [0.25, 0.3) is 5.91 Å². The van der Waals surface area contributed by atoms with Crippen LogP contribution >= 0.6 is 11.3 Å². The van der Waals surface area contributed by atoms with E-state index in [2.05, 4.69) is 15.6 Å². The normalized spacial score (nSPS) is 12.7. The topological polar surface area (TPSA) is 89.6 Å². The molecule has 0 aliphatic carbocycles. The van der Waals surface area contributed by atoms with Gasteiger partial charge in [0, 0.05) is 23.1 Å². The number of hydrogen-bond acceptors (Lipinski definition) is 6. The number of ether oxygens (including phenoxy) is 2. The molecule has 29 heavy (non-hydrogen) atoms. The molecule has 8 heteroatoms. The third kappa shape index (κ3) is 4.55. The van der Waals surface area contributed by atoms with Crippen LogP contribution in [-0.2, 0) is 16.0 Å². The predicted molar refractivity (Wildman–Crippen MR) is 112 cm³/mol. The van der Waals surface area contributed by atoms with Crippen LogP contribution < -0.4 is 20.1 Å². The van der Waals surface area contributed by atoms with E-state index in [9.17, 15) is 9.59 Å². The van der Waals surface area contributed by atoms with Crippen LogP contribution in [0.4, 0.5) is 10.8 Å². The lowest BCUT2D eigenvalue weighted by atomic mass is 9.99. The van der Waals surface area contributed by atoms with Gasteiger partial charge in [0.2, 0.25) is 5.91 Å². The maximum absolute atomic E-state index is 12.1. The highest BCUT2D eigenvalue weighted by molar-refractivity contribution is 7.14. The first kappa shape index (κ1) is 18.9. The van der Waals surface area contributed by atoms with Crippen molar-refractivity contribution in [2.75, 3.05) is 24.4 Å². The zero-order valence-electron chi connectivity index (χ0n) is 15.7. The molecule has 148 valence electrons. The van der Waals surface area contributed by atoms with Gasteiger partial charge in [-0.1, -0.05) is 6.07 Å². The van der Waals surface area contributed by atoms with Gasteiger partial charge in [0.05, 0.1) is 12.8 Å². The van der Waals surface area contributed by atoms with Gasteiger partial charge in [-0.15, -0.1) is 11.3 Å². The van der Waals surface area contributed by atoms with E-state index < -0.39 is 0 Å². The van der Waals surface area contributed by atoms with Crippen molar-refractivity contribution in [1.29, 1.82) is 0 Å². The molecule has 2 N–H and O–H groups in total. The lowest BCUT2D eigenvalue weighted by Gasteiger charge is -2.17. The quantitative estimate of drug-likeness (QED) is 0.648. The van der Waals surface area contributed by atoms with Crippen LogP contribution in [0.1, 0.15) is 12.0 Å². The van der Waals surface area contributed by atoms with Crippen molar-refractivity contribution in [3.8, 4) is 22.8 Å². The van der Waals surface area contributed by atoms with Gasteiger partial charge in [-0.3, -0.25) is 14.9 Å². The average molecular weight is 409 g/mol. The summed E-state index contributed by atoms with van der Waals surface area (Å²) >= 11 is 1.35. The molecule has 0 saturated carbocycles. The Morgan fingerprint density at radius 1 is 1.17 bits per heavy atom. The maximum Gasteiger partial charge on any atom is 0.264 e. The van der Waals surface area contributed by atoms with Gasteiger partial charge in [-0.2, -0.15) is 0 Å². The number of carbonyl (C=O) groups excluding carboxylic acids is 2. The van der Waals surface area contributed by atoms with Crippen LogP contribution in [0.3, 0.4) is 0 Å². The number of nitrogens with zero attached hydrogens (tertiary/aromatic N) is 1. The van der Waals surface area contributed by atoms with Crippen LogP contribution in [-0.4, -0.2) is 30.5 Å². The zero-order valence-corrected chi connectivity index (χ0v) is 16.5. The Hall–Kier alpha value is -3.39. The minimum atomic E-state index is -0.283. The molecule has 1 aliphatic rings. The second-order valence-electron chi connectivity index (χ2n) is 6.47. The van der Waals surface area contributed by atoms with Crippen molar-refractivity contribution in [3.05, 3.63) is 53.4 Å². The number of fused-ring (bicyclic) bond motifs is 1. The number of aromatic nitrogens is 1. The molecular formula is C21H19N3O4S. The third-order valence-corrected chi connectivity index (χ3v) is 5.23. The summed E-state index contributed by atoms with van der Waals surface area (Å²) in [6.07, 6.45) is 1.20. The number of carbonyl (C=O) groups is 2. The summed E-state index contributed by atoms with van der Waals surface area (Å²) in [6.45, 7) is -0.111. The highest BCUT2D eigenvalue weighted by atomic mass is 32.1. The first-order valence-corrected chi connectivity index (χ1v) is 9.94. The Morgan fingerprint density at radius 2 is 1.97 bits per heavy atom. The number of amides is 2. The monoisotopic (exact) mass is 409 g/mol. The minimum Gasteiger partial charge on any atom is -0.497 e. The molecule has 2 heterocycles. The van der Waals surface area contributed by atoms with Crippen molar-refractivity contribution < 1.29 is 19.1 Å². The lowest BCUT2D eigenvalue weighted by molar-refractivity contribution is -0.118.